The summed E-state index contributed by atoms with van der Waals surface area (Å²) in [6, 6.07) is 0. The van der Waals surface area contributed by atoms with Crippen molar-refractivity contribution in [2.75, 3.05) is 13.1 Å². The predicted octanol–water partition coefficient (Wildman–Crippen LogP) is 1.19. The summed E-state index contributed by atoms with van der Waals surface area (Å²) in [5.74, 6) is 0.622. The summed E-state index contributed by atoms with van der Waals surface area (Å²) < 4.78 is 0. The molecule has 55 valence electrons. The van der Waals surface area contributed by atoms with Crippen molar-refractivity contribution in [2.24, 2.45) is 5.92 Å². The maximum atomic E-state index is 3.65. The van der Waals surface area contributed by atoms with E-state index in [1.165, 1.54) is 6.42 Å². The van der Waals surface area contributed by atoms with Gasteiger partial charge in [0.2, 0.25) is 0 Å². The number of piperidine rings is 1. The molecule has 0 spiro atoms. The van der Waals surface area contributed by atoms with Crippen molar-refractivity contribution in [1.82, 2.24) is 5.32 Å². The van der Waals surface area contributed by atoms with Crippen molar-refractivity contribution in [3.05, 3.63) is 25.5 Å². The third-order valence-corrected chi connectivity index (χ3v) is 1.55. The molecule has 1 N–H and O–H groups in total. The van der Waals surface area contributed by atoms with Crippen LogP contribution in [0.3, 0.4) is 0 Å². The smallest absolute Gasteiger partial charge is 0 e. The molecule has 0 bridgehead atoms. The second-order valence-corrected chi connectivity index (χ2v) is 2.32. The van der Waals surface area contributed by atoms with E-state index in [0.717, 1.165) is 13.1 Å². The van der Waals surface area contributed by atoms with E-state index in [2.05, 4.69) is 24.7 Å². The van der Waals surface area contributed by atoms with Gasteiger partial charge in [-0.25, -0.2) is 18.9 Å². The Balaban J connectivity index is 0.000000810. The number of allylic oxidation sites excluding steroid dienone is 1. The fourth-order valence-corrected chi connectivity index (χ4v) is 1.07. The molecule has 0 aromatic rings. The first-order valence-electron chi connectivity index (χ1n) is 3.43. The van der Waals surface area contributed by atoms with Crippen LogP contribution < -0.4 is 5.32 Å². The van der Waals surface area contributed by atoms with Crippen LogP contribution in [0.15, 0.2) is 12.2 Å². The van der Waals surface area contributed by atoms with Crippen molar-refractivity contribution in [2.45, 2.75) is 6.42 Å². The van der Waals surface area contributed by atoms with Crippen molar-refractivity contribution in [3.63, 3.8) is 0 Å². The Bertz CT molecular complexity index is 95.4. The third kappa shape index (κ3) is 3.75. The fourth-order valence-electron chi connectivity index (χ4n) is 1.07. The van der Waals surface area contributed by atoms with Crippen LogP contribution in [0.4, 0.5) is 0 Å². The predicted molar refractivity (Wildman–Crippen MR) is 39.8 cm³/mol. The average Bonchev–Trinajstić information content (AvgIpc) is 1.91. The standard InChI is InChI=1S/C8H13N.Y/c1-2-4-8-5-3-6-9-7-8;/h2,4-5,8-9H,1,3,6-7H2;/q-2;/b4-2-;. The zero-order chi connectivity index (χ0) is 6.53. The van der Waals surface area contributed by atoms with Crippen LogP contribution in [-0.4, -0.2) is 13.1 Å². The summed E-state index contributed by atoms with van der Waals surface area (Å²) in [6.45, 7) is 5.88. The maximum absolute atomic E-state index is 3.65. The minimum Gasteiger partial charge on any atom is -0.336 e. The van der Waals surface area contributed by atoms with Gasteiger partial charge in [-0.1, -0.05) is 0 Å². The van der Waals surface area contributed by atoms with E-state index < -0.39 is 0 Å². The van der Waals surface area contributed by atoms with Gasteiger partial charge in [0.05, 0.1) is 0 Å². The SMILES string of the molecule is [CH2-]/C=C\C1[CH-]CCNC1.[Y]. The number of hydrogen-bond donors (Lipinski definition) is 1. The summed E-state index contributed by atoms with van der Waals surface area (Å²) >= 11 is 0. The molecule has 10 heavy (non-hydrogen) atoms. The molecule has 1 saturated heterocycles. The van der Waals surface area contributed by atoms with E-state index in [4.69, 9.17) is 0 Å². The zero-order valence-electron chi connectivity index (χ0n) is 6.22. The molecule has 1 atom stereocenters. The first-order valence-corrected chi connectivity index (χ1v) is 3.43. The van der Waals surface area contributed by atoms with Crippen molar-refractivity contribution >= 4 is 0 Å². The van der Waals surface area contributed by atoms with Crippen LogP contribution in [0.5, 0.6) is 0 Å². The van der Waals surface area contributed by atoms with E-state index in [1.54, 1.807) is 0 Å². The molecular weight excluding hydrogens is 199 g/mol. The number of nitrogens with one attached hydrogen (secondary N) is 1. The Morgan fingerprint density at radius 2 is 2.40 bits per heavy atom. The van der Waals surface area contributed by atoms with E-state index in [0.29, 0.717) is 5.92 Å². The van der Waals surface area contributed by atoms with Gasteiger partial charge >= 0.3 is 0 Å². The Morgan fingerprint density at radius 1 is 1.60 bits per heavy atom. The zero-order valence-corrected chi connectivity index (χ0v) is 9.05. The molecule has 0 aromatic heterocycles. The summed E-state index contributed by atoms with van der Waals surface area (Å²) in [5.41, 5.74) is 0. The Kier molecular flexibility index (Phi) is 6.82. The summed E-state index contributed by atoms with van der Waals surface area (Å²) in [6.07, 6.45) is 7.52. The van der Waals surface area contributed by atoms with Crippen LogP contribution in [-0.2, 0) is 32.7 Å². The summed E-state index contributed by atoms with van der Waals surface area (Å²) in [5, 5.41) is 3.31. The minimum absolute atomic E-state index is 0. The van der Waals surface area contributed by atoms with Gasteiger partial charge in [-0.15, -0.1) is 0 Å². The van der Waals surface area contributed by atoms with E-state index in [9.17, 15) is 0 Å². The number of rotatable bonds is 1. The Hall–Kier alpha value is 0.674. The Labute approximate surface area is 88.5 Å². The molecule has 1 aliphatic heterocycles. The van der Waals surface area contributed by atoms with Crippen molar-refractivity contribution in [3.8, 4) is 0 Å². The molecule has 1 heterocycles. The van der Waals surface area contributed by atoms with Gasteiger partial charge in [0.1, 0.15) is 0 Å². The molecule has 1 fully saturated rings. The van der Waals surface area contributed by atoms with Gasteiger partial charge < -0.3 is 11.7 Å². The second-order valence-electron chi connectivity index (χ2n) is 2.32. The van der Waals surface area contributed by atoms with Crippen molar-refractivity contribution in [1.29, 1.82) is 0 Å². The van der Waals surface area contributed by atoms with E-state index in [-0.39, 0.29) is 32.7 Å². The molecule has 1 unspecified atom stereocenters. The first kappa shape index (κ1) is 10.7. The van der Waals surface area contributed by atoms with Gasteiger partial charge in [-0.2, -0.15) is 6.42 Å². The van der Waals surface area contributed by atoms with Crippen LogP contribution >= 0.6 is 0 Å². The normalized spacial score (nSPS) is 26.2. The molecular formula is C8H13NY-2. The summed E-state index contributed by atoms with van der Waals surface area (Å²) in [4.78, 5) is 0. The fraction of sp³-hybridized carbons (Fsp3) is 0.500. The molecule has 0 aliphatic carbocycles. The largest absolute Gasteiger partial charge is 0.336 e. The van der Waals surface area contributed by atoms with Crippen LogP contribution in [0, 0.1) is 19.3 Å². The van der Waals surface area contributed by atoms with E-state index in [1.807, 2.05) is 6.08 Å². The topological polar surface area (TPSA) is 12.0 Å². The van der Waals surface area contributed by atoms with Crippen LogP contribution in [0.2, 0.25) is 0 Å². The molecule has 1 aliphatic rings. The average molecular weight is 212 g/mol. The van der Waals surface area contributed by atoms with E-state index >= 15 is 0 Å². The van der Waals surface area contributed by atoms with Gasteiger partial charge in [0, 0.05) is 32.7 Å². The molecule has 0 saturated carbocycles. The summed E-state index contributed by atoms with van der Waals surface area (Å²) in [7, 11) is 0. The van der Waals surface area contributed by atoms with Crippen molar-refractivity contribution < 1.29 is 32.7 Å². The van der Waals surface area contributed by atoms with Crippen LogP contribution in [0.1, 0.15) is 6.42 Å². The molecule has 0 amide bonds. The second kappa shape index (κ2) is 6.39. The molecule has 1 rings (SSSR count). The molecule has 2 heteroatoms. The molecule has 1 radical (unpaired) electrons. The first-order chi connectivity index (χ1) is 4.43. The number of hydrogen-bond acceptors (Lipinski definition) is 1. The van der Waals surface area contributed by atoms with Gasteiger partial charge in [0.25, 0.3) is 0 Å². The van der Waals surface area contributed by atoms with Gasteiger partial charge in [0.15, 0.2) is 0 Å². The van der Waals surface area contributed by atoms with Crippen LogP contribution in [0.25, 0.3) is 0 Å². The minimum atomic E-state index is 0. The van der Waals surface area contributed by atoms with Gasteiger partial charge in [-0.05, 0) is 13.1 Å². The molecule has 0 aromatic carbocycles. The Morgan fingerprint density at radius 3 is 2.90 bits per heavy atom. The monoisotopic (exact) mass is 212 g/mol. The quantitative estimate of drug-likeness (QED) is 0.644. The maximum Gasteiger partial charge on any atom is 0 e. The third-order valence-electron chi connectivity index (χ3n) is 1.55. The van der Waals surface area contributed by atoms with Gasteiger partial charge in [-0.3, -0.25) is 6.08 Å². The molecule has 1 nitrogen and oxygen atoms in total.